The van der Waals surface area contributed by atoms with E-state index in [-0.39, 0.29) is 29.7 Å². The summed E-state index contributed by atoms with van der Waals surface area (Å²) in [6.45, 7) is 1.44. The molecule has 0 fully saturated rings. The van der Waals surface area contributed by atoms with Crippen LogP contribution < -0.4 is 11.1 Å². The number of hydrogen-bond acceptors (Lipinski definition) is 4. The van der Waals surface area contributed by atoms with Crippen LogP contribution in [-0.2, 0) is 18.3 Å². The third-order valence-electron chi connectivity index (χ3n) is 6.32. The van der Waals surface area contributed by atoms with Crippen LogP contribution in [0.3, 0.4) is 0 Å². The number of alkyl halides is 3. The van der Waals surface area contributed by atoms with Crippen molar-refractivity contribution < 1.29 is 17.6 Å². The number of fused-ring (bicyclic) bond motifs is 1. The van der Waals surface area contributed by atoms with Gasteiger partial charge in [0.1, 0.15) is 17.2 Å². The smallest absolute Gasteiger partial charge is 0.386 e. The molecule has 0 bridgehead atoms. The molecule has 1 atom stereocenters. The van der Waals surface area contributed by atoms with Gasteiger partial charge in [-0.15, -0.1) is 0 Å². The number of rotatable bonds is 5. The maximum Gasteiger partial charge on any atom is 0.435 e. The van der Waals surface area contributed by atoms with Crippen LogP contribution in [0.5, 0.6) is 0 Å². The highest BCUT2D eigenvalue weighted by Crippen LogP contribution is 2.41. The molecule has 0 spiro atoms. The van der Waals surface area contributed by atoms with Crippen molar-refractivity contribution in [3.05, 3.63) is 119 Å². The Labute approximate surface area is 205 Å². The molecule has 0 amide bonds. The van der Waals surface area contributed by atoms with Crippen LogP contribution in [0.4, 0.5) is 23.2 Å². The predicted molar refractivity (Wildman–Crippen MR) is 130 cm³/mol. The number of halogens is 4. The summed E-state index contributed by atoms with van der Waals surface area (Å²) >= 11 is 0. The minimum absolute atomic E-state index is 0.0611. The molecule has 36 heavy (non-hydrogen) atoms. The maximum atomic E-state index is 15.3. The molecule has 1 aliphatic heterocycles. The highest BCUT2D eigenvalue weighted by Gasteiger charge is 2.42. The molecule has 1 aromatic heterocycles. The number of benzene rings is 3. The van der Waals surface area contributed by atoms with Gasteiger partial charge in [-0.3, -0.25) is 9.67 Å². The van der Waals surface area contributed by atoms with Gasteiger partial charge < -0.3 is 11.1 Å². The normalized spacial score (nSPS) is 17.6. The fourth-order valence-electron chi connectivity index (χ4n) is 4.60. The Balaban J connectivity index is 1.59. The zero-order valence-electron chi connectivity index (χ0n) is 19.3. The van der Waals surface area contributed by atoms with Crippen LogP contribution in [0, 0.1) is 5.82 Å². The first-order valence-electron chi connectivity index (χ1n) is 11.3. The minimum Gasteiger partial charge on any atom is -0.386 e. The van der Waals surface area contributed by atoms with Crippen molar-refractivity contribution in [2.75, 3.05) is 5.32 Å². The topological polar surface area (TPSA) is 68.2 Å². The van der Waals surface area contributed by atoms with Crippen molar-refractivity contribution in [3.63, 3.8) is 0 Å². The Hall–Kier alpha value is -4.14. The van der Waals surface area contributed by atoms with Crippen molar-refractivity contribution in [1.82, 2.24) is 9.78 Å². The number of nitrogens with zero attached hydrogens (tertiary/aromatic N) is 3. The average Bonchev–Trinajstić information content (AvgIpc) is 3.30. The monoisotopic (exact) mass is 493 g/mol. The van der Waals surface area contributed by atoms with Gasteiger partial charge in [0.05, 0.1) is 18.3 Å². The fourth-order valence-corrected chi connectivity index (χ4v) is 4.60. The van der Waals surface area contributed by atoms with Gasteiger partial charge >= 0.3 is 6.18 Å². The summed E-state index contributed by atoms with van der Waals surface area (Å²) in [5.41, 5.74) is 6.16. The van der Waals surface area contributed by atoms with Gasteiger partial charge in [-0.1, -0.05) is 60.7 Å². The van der Waals surface area contributed by atoms with Crippen molar-refractivity contribution in [1.29, 1.82) is 0 Å². The van der Waals surface area contributed by atoms with Gasteiger partial charge in [0, 0.05) is 11.3 Å². The first-order chi connectivity index (χ1) is 17.1. The van der Waals surface area contributed by atoms with Gasteiger partial charge in [0.15, 0.2) is 5.69 Å². The van der Waals surface area contributed by atoms with E-state index in [0.717, 1.165) is 21.9 Å². The highest BCUT2D eigenvalue weighted by molar-refractivity contribution is 5.82. The zero-order chi connectivity index (χ0) is 25.5. The SMILES string of the molecule is CC1(c2cc(NC(c3ccccc3)c3ccccc3)ccc2F)N=C(N)Cn2nc(C(F)(F)F)cc21. The molecule has 0 saturated heterocycles. The molecule has 9 heteroatoms. The van der Waals surface area contributed by atoms with Gasteiger partial charge in [0.2, 0.25) is 0 Å². The second-order valence-electron chi connectivity index (χ2n) is 8.84. The lowest BCUT2D eigenvalue weighted by Crippen LogP contribution is -2.37. The van der Waals surface area contributed by atoms with Gasteiger partial charge in [-0.25, -0.2) is 4.39 Å². The molecule has 5 rings (SSSR count). The summed E-state index contributed by atoms with van der Waals surface area (Å²) in [5.74, 6) is -0.551. The largest absolute Gasteiger partial charge is 0.435 e. The maximum absolute atomic E-state index is 15.3. The number of anilines is 1. The molecule has 0 saturated carbocycles. The molecule has 3 aromatic carbocycles. The van der Waals surface area contributed by atoms with Crippen molar-refractivity contribution in [3.8, 4) is 0 Å². The van der Waals surface area contributed by atoms with Crippen molar-refractivity contribution in [2.24, 2.45) is 10.7 Å². The lowest BCUT2D eigenvalue weighted by molar-refractivity contribution is -0.141. The van der Waals surface area contributed by atoms with Crippen molar-refractivity contribution >= 4 is 11.5 Å². The molecule has 3 N–H and O–H groups in total. The Morgan fingerprint density at radius 3 is 2.14 bits per heavy atom. The van der Waals surface area contributed by atoms with Gasteiger partial charge in [-0.05, 0) is 42.3 Å². The van der Waals surface area contributed by atoms with E-state index in [0.29, 0.717) is 5.69 Å². The summed E-state index contributed by atoms with van der Waals surface area (Å²) in [5, 5.41) is 7.12. The summed E-state index contributed by atoms with van der Waals surface area (Å²) in [6.07, 6.45) is -4.65. The van der Waals surface area contributed by atoms with Crippen LogP contribution in [0.1, 0.15) is 41.0 Å². The van der Waals surface area contributed by atoms with E-state index >= 15 is 4.39 Å². The van der Waals surface area contributed by atoms with Crippen LogP contribution >= 0.6 is 0 Å². The third-order valence-corrected chi connectivity index (χ3v) is 6.32. The number of aliphatic imine (C=N–C) groups is 1. The number of amidine groups is 1. The number of hydrogen-bond donors (Lipinski definition) is 2. The first-order valence-corrected chi connectivity index (χ1v) is 11.3. The Kier molecular flexibility index (Phi) is 5.78. The molecule has 2 heterocycles. The zero-order valence-corrected chi connectivity index (χ0v) is 19.3. The Morgan fingerprint density at radius 2 is 1.56 bits per heavy atom. The quantitative estimate of drug-likeness (QED) is 0.342. The van der Waals surface area contributed by atoms with Gasteiger partial charge in [0.25, 0.3) is 0 Å². The molecule has 4 aromatic rings. The van der Waals surface area contributed by atoms with Crippen LogP contribution in [0.2, 0.25) is 0 Å². The van der Waals surface area contributed by atoms with E-state index < -0.39 is 23.2 Å². The number of nitrogens with two attached hydrogens (primary N) is 1. The molecular weight excluding hydrogens is 470 g/mol. The molecule has 1 unspecified atom stereocenters. The van der Waals surface area contributed by atoms with E-state index in [4.69, 9.17) is 5.73 Å². The summed E-state index contributed by atoms with van der Waals surface area (Å²) in [7, 11) is 0. The lowest BCUT2D eigenvalue weighted by Gasteiger charge is -2.32. The second kappa shape index (κ2) is 8.82. The summed E-state index contributed by atoms with van der Waals surface area (Å²) in [4.78, 5) is 4.42. The molecule has 5 nitrogen and oxygen atoms in total. The van der Waals surface area contributed by atoms with Crippen molar-refractivity contribution in [2.45, 2.75) is 31.2 Å². The average molecular weight is 494 g/mol. The summed E-state index contributed by atoms with van der Waals surface area (Å²) < 4.78 is 56.6. The molecule has 1 aliphatic rings. The lowest BCUT2D eigenvalue weighted by atomic mass is 9.86. The fraction of sp³-hybridized carbons (Fsp3) is 0.185. The molecule has 0 aliphatic carbocycles. The van der Waals surface area contributed by atoms with Gasteiger partial charge in [-0.2, -0.15) is 18.3 Å². The van der Waals surface area contributed by atoms with Crippen LogP contribution in [0.25, 0.3) is 0 Å². The second-order valence-corrected chi connectivity index (χ2v) is 8.84. The van der Waals surface area contributed by atoms with Crippen LogP contribution in [-0.4, -0.2) is 15.6 Å². The minimum atomic E-state index is -4.65. The first kappa shape index (κ1) is 23.6. The standard InChI is InChI=1S/C27H23F4N5/c1-26(23-15-22(27(29,30)31)35-36(23)16-24(32)34-26)20-14-19(12-13-21(20)28)33-25(17-8-4-2-5-9-17)18-10-6-3-7-11-18/h2-15,25,33H,16H2,1H3,(H2,32,34). The molecular formula is C27H23F4N5. The third kappa shape index (κ3) is 4.32. The number of aromatic nitrogens is 2. The summed E-state index contributed by atoms with van der Waals surface area (Å²) in [6, 6.07) is 24.6. The predicted octanol–water partition coefficient (Wildman–Crippen LogP) is 5.88. The van der Waals surface area contributed by atoms with E-state index in [9.17, 15) is 13.2 Å². The van der Waals surface area contributed by atoms with E-state index in [1.54, 1.807) is 19.1 Å². The Morgan fingerprint density at radius 1 is 0.944 bits per heavy atom. The molecule has 0 radical (unpaired) electrons. The highest BCUT2D eigenvalue weighted by atomic mass is 19.4. The number of nitrogens with one attached hydrogen (secondary N) is 1. The van der Waals surface area contributed by atoms with Crippen LogP contribution in [0.15, 0.2) is 89.9 Å². The van der Waals surface area contributed by atoms with E-state index in [2.05, 4.69) is 15.4 Å². The van der Waals surface area contributed by atoms with E-state index in [1.807, 2.05) is 60.7 Å². The Bertz CT molecular complexity index is 1370. The molecule has 184 valence electrons. The van der Waals surface area contributed by atoms with E-state index in [1.165, 1.54) is 6.07 Å².